The van der Waals surface area contributed by atoms with Gasteiger partial charge >= 0.3 is 0 Å². The molecule has 0 radical (unpaired) electrons. The SMILES string of the molecule is Cc1ccc(-c2nnc(-c3nc(N4CCCCCC4)c4ccccc4n3)o2)cc1. The first-order valence-corrected chi connectivity index (χ1v) is 10.2. The van der Waals surface area contributed by atoms with E-state index in [0.717, 1.165) is 35.4 Å². The molecule has 0 saturated carbocycles. The summed E-state index contributed by atoms with van der Waals surface area (Å²) in [5, 5.41) is 9.52. The molecule has 0 bridgehead atoms. The van der Waals surface area contributed by atoms with Gasteiger partial charge in [0.05, 0.1) is 5.52 Å². The van der Waals surface area contributed by atoms with Gasteiger partial charge in [0.2, 0.25) is 11.7 Å². The van der Waals surface area contributed by atoms with E-state index >= 15 is 0 Å². The van der Waals surface area contributed by atoms with Crippen LogP contribution in [-0.4, -0.2) is 33.3 Å². The molecule has 1 aliphatic heterocycles. The van der Waals surface area contributed by atoms with E-state index in [0.29, 0.717) is 17.6 Å². The highest BCUT2D eigenvalue weighted by Crippen LogP contribution is 2.30. The molecule has 1 aliphatic rings. The molecule has 3 heterocycles. The molecule has 2 aromatic heterocycles. The van der Waals surface area contributed by atoms with Gasteiger partial charge in [-0.25, -0.2) is 9.97 Å². The molecule has 6 nitrogen and oxygen atoms in total. The minimum atomic E-state index is 0.349. The number of hydrogen-bond acceptors (Lipinski definition) is 6. The number of para-hydroxylation sites is 1. The molecule has 0 unspecified atom stereocenters. The van der Waals surface area contributed by atoms with E-state index < -0.39 is 0 Å². The van der Waals surface area contributed by atoms with Gasteiger partial charge in [-0.3, -0.25) is 0 Å². The summed E-state index contributed by atoms with van der Waals surface area (Å²) in [5.74, 6) is 2.27. The van der Waals surface area contributed by atoms with E-state index in [4.69, 9.17) is 14.4 Å². The van der Waals surface area contributed by atoms with E-state index in [1.807, 2.05) is 42.5 Å². The molecule has 29 heavy (non-hydrogen) atoms. The Morgan fingerprint density at radius 3 is 2.31 bits per heavy atom. The number of fused-ring (bicyclic) bond motifs is 1. The van der Waals surface area contributed by atoms with E-state index in [1.165, 1.54) is 31.2 Å². The van der Waals surface area contributed by atoms with Crippen molar-refractivity contribution in [1.29, 1.82) is 0 Å². The van der Waals surface area contributed by atoms with E-state index in [9.17, 15) is 0 Å². The maximum atomic E-state index is 5.95. The van der Waals surface area contributed by atoms with Crippen molar-refractivity contribution in [2.75, 3.05) is 18.0 Å². The molecule has 0 aliphatic carbocycles. The van der Waals surface area contributed by atoms with Gasteiger partial charge in [0.1, 0.15) is 5.82 Å². The molecule has 0 amide bonds. The van der Waals surface area contributed by atoms with Crippen LogP contribution in [0.1, 0.15) is 31.2 Å². The average molecular weight is 385 g/mol. The van der Waals surface area contributed by atoms with Crippen LogP contribution in [0.5, 0.6) is 0 Å². The lowest BCUT2D eigenvalue weighted by Gasteiger charge is -2.23. The van der Waals surface area contributed by atoms with Crippen LogP contribution in [0.3, 0.4) is 0 Å². The second-order valence-corrected chi connectivity index (χ2v) is 7.57. The number of anilines is 1. The Balaban J connectivity index is 1.57. The van der Waals surface area contributed by atoms with E-state index in [-0.39, 0.29) is 0 Å². The van der Waals surface area contributed by atoms with Gasteiger partial charge in [0.15, 0.2) is 0 Å². The van der Waals surface area contributed by atoms with Crippen LogP contribution in [0.4, 0.5) is 5.82 Å². The Morgan fingerprint density at radius 2 is 1.52 bits per heavy atom. The maximum absolute atomic E-state index is 5.95. The van der Waals surface area contributed by atoms with E-state index in [1.54, 1.807) is 0 Å². The number of nitrogens with zero attached hydrogens (tertiary/aromatic N) is 5. The number of rotatable bonds is 3. The summed E-state index contributed by atoms with van der Waals surface area (Å²) in [7, 11) is 0. The predicted molar refractivity (Wildman–Crippen MR) is 114 cm³/mol. The number of hydrogen-bond donors (Lipinski definition) is 0. The third-order valence-corrected chi connectivity index (χ3v) is 5.40. The Morgan fingerprint density at radius 1 is 0.793 bits per heavy atom. The Hall–Kier alpha value is -3.28. The monoisotopic (exact) mass is 385 g/mol. The second kappa shape index (κ2) is 7.62. The molecule has 5 rings (SSSR count). The summed E-state index contributed by atoms with van der Waals surface area (Å²) in [6, 6.07) is 16.2. The highest BCUT2D eigenvalue weighted by molar-refractivity contribution is 5.90. The van der Waals surface area contributed by atoms with Gasteiger partial charge in [-0.05, 0) is 44.0 Å². The molecule has 0 spiro atoms. The molecule has 1 saturated heterocycles. The lowest BCUT2D eigenvalue weighted by atomic mass is 10.1. The first-order chi connectivity index (χ1) is 14.3. The standard InChI is InChI=1S/C23H23N5O/c1-16-10-12-17(13-11-16)22-26-27-23(29-22)20-24-19-9-5-4-8-18(19)21(25-20)28-14-6-2-3-7-15-28/h4-5,8-13H,2-3,6-7,14-15H2,1H3. The van der Waals surface area contributed by atoms with Crippen molar-refractivity contribution >= 4 is 16.7 Å². The molecule has 6 heteroatoms. The second-order valence-electron chi connectivity index (χ2n) is 7.57. The summed E-state index contributed by atoms with van der Waals surface area (Å²) in [6.45, 7) is 4.08. The molecule has 4 aromatic rings. The topological polar surface area (TPSA) is 67.9 Å². The van der Waals surface area contributed by atoms with Crippen molar-refractivity contribution in [2.24, 2.45) is 0 Å². The summed E-state index contributed by atoms with van der Waals surface area (Å²) in [6.07, 6.45) is 4.92. The molecule has 2 aromatic carbocycles. The van der Waals surface area contributed by atoms with Crippen LogP contribution in [0.2, 0.25) is 0 Å². The normalized spacial score (nSPS) is 14.9. The van der Waals surface area contributed by atoms with Crippen LogP contribution in [-0.2, 0) is 0 Å². The minimum Gasteiger partial charge on any atom is -0.413 e. The van der Waals surface area contributed by atoms with Gasteiger partial charge in [-0.1, -0.05) is 42.7 Å². The Bertz CT molecular complexity index is 1130. The van der Waals surface area contributed by atoms with Crippen molar-refractivity contribution in [3.8, 4) is 23.2 Å². The van der Waals surface area contributed by atoms with Gasteiger partial charge in [0.25, 0.3) is 5.89 Å². The number of aromatic nitrogens is 4. The predicted octanol–water partition coefficient (Wildman–Crippen LogP) is 5.04. The van der Waals surface area contributed by atoms with Gasteiger partial charge in [0, 0.05) is 24.0 Å². The quantitative estimate of drug-likeness (QED) is 0.492. The van der Waals surface area contributed by atoms with Crippen LogP contribution < -0.4 is 4.90 Å². The van der Waals surface area contributed by atoms with Crippen LogP contribution in [0.25, 0.3) is 34.1 Å². The minimum absolute atomic E-state index is 0.349. The smallest absolute Gasteiger partial charge is 0.286 e. The maximum Gasteiger partial charge on any atom is 0.286 e. The van der Waals surface area contributed by atoms with Gasteiger partial charge in [-0.2, -0.15) is 0 Å². The average Bonchev–Trinajstić information content (AvgIpc) is 3.09. The molecule has 0 N–H and O–H groups in total. The van der Waals surface area contributed by atoms with Crippen molar-refractivity contribution in [2.45, 2.75) is 32.6 Å². The largest absolute Gasteiger partial charge is 0.413 e. The third-order valence-electron chi connectivity index (χ3n) is 5.40. The van der Waals surface area contributed by atoms with Gasteiger partial charge in [-0.15, -0.1) is 10.2 Å². The molecular weight excluding hydrogens is 362 g/mol. The van der Waals surface area contributed by atoms with Crippen LogP contribution >= 0.6 is 0 Å². The third kappa shape index (κ3) is 3.58. The van der Waals surface area contributed by atoms with Crippen molar-refractivity contribution in [3.63, 3.8) is 0 Å². The first kappa shape index (κ1) is 17.8. The molecule has 0 atom stereocenters. The lowest BCUT2D eigenvalue weighted by molar-refractivity contribution is 0.579. The Labute approximate surface area is 169 Å². The summed E-state index contributed by atoms with van der Waals surface area (Å²) in [4.78, 5) is 12.0. The lowest BCUT2D eigenvalue weighted by Crippen LogP contribution is -2.25. The molecule has 146 valence electrons. The van der Waals surface area contributed by atoms with E-state index in [2.05, 4.69) is 28.1 Å². The van der Waals surface area contributed by atoms with Gasteiger partial charge < -0.3 is 9.32 Å². The number of aryl methyl sites for hydroxylation is 1. The highest BCUT2D eigenvalue weighted by atomic mass is 16.4. The summed E-state index contributed by atoms with van der Waals surface area (Å²) < 4.78 is 5.95. The number of benzene rings is 2. The zero-order valence-corrected chi connectivity index (χ0v) is 16.5. The Kier molecular flexibility index (Phi) is 4.68. The zero-order valence-electron chi connectivity index (χ0n) is 16.5. The van der Waals surface area contributed by atoms with Crippen LogP contribution in [0, 0.1) is 6.92 Å². The van der Waals surface area contributed by atoms with Crippen LogP contribution in [0.15, 0.2) is 52.9 Å². The zero-order chi connectivity index (χ0) is 19.6. The fourth-order valence-electron chi connectivity index (χ4n) is 3.81. The fraction of sp³-hybridized carbons (Fsp3) is 0.304. The summed E-state index contributed by atoms with van der Waals surface area (Å²) >= 11 is 0. The molecule has 1 fully saturated rings. The highest BCUT2D eigenvalue weighted by Gasteiger charge is 2.20. The summed E-state index contributed by atoms with van der Waals surface area (Å²) in [5.41, 5.74) is 2.98. The first-order valence-electron chi connectivity index (χ1n) is 10.2. The van der Waals surface area contributed by atoms with Crippen molar-refractivity contribution in [3.05, 3.63) is 54.1 Å². The van der Waals surface area contributed by atoms with Crippen molar-refractivity contribution < 1.29 is 4.42 Å². The van der Waals surface area contributed by atoms with Crippen molar-refractivity contribution in [1.82, 2.24) is 20.2 Å². The fourth-order valence-corrected chi connectivity index (χ4v) is 3.81. The molecular formula is C23H23N5O.